The first-order chi connectivity index (χ1) is 12.9. The number of hydrogen-bond acceptors (Lipinski definition) is 3. The average molecular weight is 385 g/mol. The van der Waals surface area contributed by atoms with Crippen LogP contribution in [0.3, 0.4) is 0 Å². The maximum Gasteiger partial charge on any atom is 0.257 e. The van der Waals surface area contributed by atoms with Crippen LogP contribution in [-0.4, -0.2) is 17.6 Å². The normalized spacial score (nSPS) is 11.7. The highest BCUT2D eigenvalue weighted by Gasteiger charge is 2.12. The van der Waals surface area contributed by atoms with Gasteiger partial charge in [-0.2, -0.15) is 0 Å². The fourth-order valence-electron chi connectivity index (χ4n) is 2.55. The third kappa shape index (κ3) is 6.36. The molecule has 0 spiro atoms. The van der Waals surface area contributed by atoms with Crippen molar-refractivity contribution in [2.75, 3.05) is 11.9 Å². The number of rotatable bonds is 7. The van der Waals surface area contributed by atoms with Crippen molar-refractivity contribution >= 4 is 28.9 Å². The molecule has 2 rings (SSSR count). The number of benzene rings is 2. The number of anilines is 1. The Morgan fingerprint density at radius 3 is 2.37 bits per heavy atom. The first-order valence-corrected chi connectivity index (χ1v) is 9.75. The van der Waals surface area contributed by atoms with Gasteiger partial charge in [0.2, 0.25) is 0 Å². The van der Waals surface area contributed by atoms with Crippen LogP contribution in [0.25, 0.3) is 0 Å². The molecular formula is C22H28N2O2S. The van der Waals surface area contributed by atoms with Crippen molar-refractivity contribution < 1.29 is 9.53 Å². The van der Waals surface area contributed by atoms with Crippen molar-refractivity contribution in [3.63, 3.8) is 0 Å². The van der Waals surface area contributed by atoms with Crippen molar-refractivity contribution in [1.82, 2.24) is 5.32 Å². The third-order valence-corrected chi connectivity index (χ3v) is 4.48. The molecule has 0 unspecified atom stereocenters. The second-order valence-corrected chi connectivity index (χ2v) is 7.44. The summed E-state index contributed by atoms with van der Waals surface area (Å²) in [5, 5.41) is 6.17. The molecule has 0 aliphatic rings. The van der Waals surface area contributed by atoms with E-state index in [9.17, 15) is 4.79 Å². The number of amides is 1. The first-order valence-electron chi connectivity index (χ1n) is 9.34. The number of thiocarbonyl (C=S) groups is 1. The molecule has 0 radical (unpaired) electrons. The number of hydrogen-bond donors (Lipinski definition) is 2. The van der Waals surface area contributed by atoms with Gasteiger partial charge in [-0.25, -0.2) is 0 Å². The van der Waals surface area contributed by atoms with Crippen LogP contribution in [0, 0.1) is 5.92 Å². The molecule has 1 atom stereocenters. The second-order valence-electron chi connectivity index (χ2n) is 7.03. The molecule has 0 heterocycles. The highest BCUT2D eigenvalue weighted by Crippen LogP contribution is 2.26. The molecule has 0 aliphatic heterocycles. The van der Waals surface area contributed by atoms with Gasteiger partial charge in [-0.3, -0.25) is 10.1 Å². The molecule has 2 aromatic carbocycles. The smallest absolute Gasteiger partial charge is 0.257 e. The molecule has 2 N–H and O–H groups in total. The van der Waals surface area contributed by atoms with Crippen LogP contribution in [0.15, 0.2) is 48.5 Å². The van der Waals surface area contributed by atoms with Gasteiger partial charge in [0.05, 0.1) is 6.61 Å². The molecule has 144 valence electrons. The highest BCUT2D eigenvalue weighted by molar-refractivity contribution is 7.80. The molecule has 0 aliphatic carbocycles. The van der Waals surface area contributed by atoms with Gasteiger partial charge in [0, 0.05) is 11.3 Å². The quantitative estimate of drug-likeness (QED) is 0.631. The van der Waals surface area contributed by atoms with E-state index in [2.05, 4.69) is 44.4 Å². The van der Waals surface area contributed by atoms with E-state index in [-0.39, 0.29) is 11.0 Å². The van der Waals surface area contributed by atoms with E-state index in [1.165, 1.54) is 5.56 Å². The van der Waals surface area contributed by atoms with Crippen LogP contribution < -0.4 is 15.4 Å². The molecule has 4 nitrogen and oxygen atoms in total. The summed E-state index contributed by atoms with van der Waals surface area (Å²) in [6, 6.07) is 15.1. The van der Waals surface area contributed by atoms with Crippen LogP contribution in [-0.2, 0) is 0 Å². The predicted octanol–water partition coefficient (Wildman–Crippen LogP) is 5.36. The molecule has 0 fully saturated rings. The Labute approximate surface area is 167 Å². The Morgan fingerprint density at radius 2 is 1.74 bits per heavy atom. The number of ether oxygens (including phenoxy) is 1. The standard InChI is InChI=1S/C22H28N2O2S/c1-5-16(4)19-8-6-7-9-20(19)23-22(27)24-21(25)17-10-12-18(13-11-17)26-14-15(2)3/h6-13,15-16H,5,14H2,1-4H3,(H2,23,24,25,27)/t16-/m1/s1. The van der Waals surface area contributed by atoms with E-state index in [0.717, 1.165) is 17.9 Å². The van der Waals surface area contributed by atoms with E-state index in [4.69, 9.17) is 17.0 Å². The van der Waals surface area contributed by atoms with Crippen molar-refractivity contribution in [3.8, 4) is 5.75 Å². The van der Waals surface area contributed by atoms with E-state index in [0.29, 0.717) is 24.0 Å². The maximum atomic E-state index is 12.4. The summed E-state index contributed by atoms with van der Waals surface area (Å²) in [7, 11) is 0. The maximum absolute atomic E-state index is 12.4. The highest BCUT2D eigenvalue weighted by atomic mass is 32.1. The van der Waals surface area contributed by atoms with Crippen molar-refractivity contribution in [3.05, 3.63) is 59.7 Å². The summed E-state index contributed by atoms with van der Waals surface area (Å²) in [5.74, 6) is 1.37. The molecule has 0 aromatic heterocycles. The van der Waals surface area contributed by atoms with E-state index in [1.807, 2.05) is 18.2 Å². The van der Waals surface area contributed by atoms with Crippen LogP contribution in [0.4, 0.5) is 5.69 Å². The minimum absolute atomic E-state index is 0.246. The fourth-order valence-corrected chi connectivity index (χ4v) is 2.76. The second kappa shape index (κ2) is 10.1. The average Bonchev–Trinajstić information content (AvgIpc) is 2.66. The minimum atomic E-state index is -0.246. The lowest BCUT2D eigenvalue weighted by molar-refractivity contribution is 0.0977. The zero-order valence-corrected chi connectivity index (χ0v) is 17.2. The van der Waals surface area contributed by atoms with Gasteiger partial charge in [0.15, 0.2) is 5.11 Å². The van der Waals surface area contributed by atoms with Crippen molar-refractivity contribution in [2.45, 2.75) is 40.0 Å². The minimum Gasteiger partial charge on any atom is -0.493 e. The number of carbonyl (C=O) groups is 1. The largest absolute Gasteiger partial charge is 0.493 e. The fraction of sp³-hybridized carbons (Fsp3) is 0.364. The Balaban J connectivity index is 1.97. The van der Waals surface area contributed by atoms with Crippen molar-refractivity contribution in [2.24, 2.45) is 5.92 Å². The van der Waals surface area contributed by atoms with Gasteiger partial charge in [-0.1, -0.05) is 45.9 Å². The number of para-hydroxylation sites is 1. The lowest BCUT2D eigenvalue weighted by Gasteiger charge is -2.17. The Morgan fingerprint density at radius 1 is 1.07 bits per heavy atom. The van der Waals surface area contributed by atoms with Gasteiger partial charge in [-0.05, 0) is 66.4 Å². The number of nitrogens with one attached hydrogen (secondary N) is 2. The van der Waals surface area contributed by atoms with Gasteiger partial charge < -0.3 is 10.1 Å². The molecule has 5 heteroatoms. The van der Waals surface area contributed by atoms with Crippen LogP contribution >= 0.6 is 12.2 Å². The summed E-state index contributed by atoms with van der Waals surface area (Å²) in [4.78, 5) is 12.4. The lowest BCUT2D eigenvalue weighted by Crippen LogP contribution is -2.34. The summed E-state index contributed by atoms with van der Waals surface area (Å²) >= 11 is 5.32. The van der Waals surface area contributed by atoms with Gasteiger partial charge in [0.1, 0.15) is 5.75 Å². The zero-order valence-electron chi connectivity index (χ0n) is 16.4. The molecule has 2 aromatic rings. The Hall–Kier alpha value is -2.40. The molecule has 1 amide bonds. The predicted molar refractivity (Wildman–Crippen MR) is 116 cm³/mol. The lowest BCUT2D eigenvalue weighted by atomic mass is 9.97. The molecule has 0 saturated carbocycles. The number of carbonyl (C=O) groups excluding carboxylic acids is 1. The van der Waals surface area contributed by atoms with Gasteiger partial charge in [-0.15, -0.1) is 0 Å². The SMILES string of the molecule is CC[C@@H](C)c1ccccc1NC(=S)NC(=O)c1ccc(OCC(C)C)cc1. The summed E-state index contributed by atoms with van der Waals surface area (Å²) in [6.45, 7) is 9.15. The zero-order chi connectivity index (χ0) is 19.8. The monoisotopic (exact) mass is 384 g/mol. The van der Waals surface area contributed by atoms with Crippen molar-refractivity contribution in [1.29, 1.82) is 0 Å². The summed E-state index contributed by atoms with van der Waals surface area (Å²) in [6.07, 6.45) is 1.03. The van der Waals surface area contributed by atoms with Crippen LogP contribution in [0.5, 0.6) is 5.75 Å². The summed E-state index contributed by atoms with van der Waals surface area (Å²) in [5.41, 5.74) is 2.64. The molecule has 0 bridgehead atoms. The topological polar surface area (TPSA) is 50.4 Å². The van der Waals surface area contributed by atoms with Gasteiger partial charge >= 0.3 is 0 Å². The molecule has 0 saturated heterocycles. The Kier molecular flexibility index (Phi) is 7.80. The van der Waals surface area contributed by atoms with E-state index < -0.39 is 0 Å². The molecule has 27 heavy (non-hydrogen) atoms. The summed E-state index contributed by atoms with van der Waals surface area (Å²) < 4.78 is 5.64. The third-order valence-electron chi connectivity index (χ3n) is 4.28. The van der Waals surface area contributed by atoms with E-state index in [1.54, 1.807) is 24.3 Å². The first kappa shape index (κ1) is 20.9. The van der Waals surface area contributed by atoms with E-state index >= 15 is 0 Å². The van der Waals surface area contributed by atoms with Gasteiger partial charge in [0.25, 0.3) is 5.91 Å². The molecular weight excluding hydrogens is 356 g/mol. The van der Waals surface area contributed by atoms with Crippen LogP contribution in [0.1, 0.15) is 56.0 Å². The van der Waals surface area contributed by atoms with Crippen LogP contribution in [0.2, 0.25) is 0 Å². The Bertz CT molecular complexity index is 772.